The summed E-state index contributed by atoms with van der Waals surface area (Å²) in [6, 6.07) is 5.20. The number of hydrogen-bond donors (Lipinski definition) is 2. The molecular formula is C11H16FN3. The normalized spacial score (nSPS) is 17.9. The molecule has 82 valence electrons. The number of hydrazine groups is 1. The van der Waals surface area contributed by atoms with E-state index in [4.69, 9.17) is 5.84 Å². The first-order valence-electron chi connectivity index (χ1n) is 5.04. The van der Waals surface area contributed by atoms with Gasteiger partial charge in [-0.05, 0) is 44.6 Å². The van der Waals surface area contributed by atoms with Gasteiger partial charge in [-0.2, -0.15) is 0 Å². The van der Waals surface area contributed by atoms with E-state index < -0.39 is 0 Å². The van der Waals surface area contributed by atoms with Crippen LogP contribution >= 0.6 is 0 Å². The average molecular weight is 209 g/mol. The number of halogens is 1. The highest BCUT2D eigenvalue weighted by atomic mass is 19.1. The number of nitrogens with two attached hydrogens (primary N) is 1. The van der Waals surface area contributed by atoms with Crippen molar-refractivity contribution >= 4 is 5.69 Å². The molecule has 4 heteroatoms. The smallest absolute Gasteiger partial charge is 0.147 e. The molecule has 0 bridgehead atoms. The average Bonchev–Trinajstić information content (AvgIpc) is 2.98. The van der Waals surface area contributed by atoms with Crippen molar-refractivity contribution in [2.45, 2.75) is 18.4 Å². The number of nitrogens with one attached hydrogen (secondary N) is 1. The zero-order chi connectivity index (χ0) is 11.1. The maximum atomic E-state index is 13.5. The Bertz CT molecular complexity index is 372. The number of hydrogen-bond acceptors (Lipinski definition) is 3. The first kappa shape index (κ1) is 10.4. The lowest BCUT2D eigenvalue weighted by atomic mass is 10.0. The molecule has 1 saturated carbocycles. The Kier molecular flexibility index (Phi) is 2.40. The van der Waals surface area contributed by atoms with Gasteiger partial charge in [0.1, 0.15) is 5.82 Å². The molecule has 0 atom stereocenters. The molecule has 2 rings (SSSR count). The van der Waals surface area contributed by atoms with Gasteiger partial charge in [0.15, 0.2) is 0 Å². The van der Waals surface area contributed by atoms with E-state index in [0.717, 1.165) is 18.4 Å². The molecule has 15 heavy (non-hydrogen) atoms. The van der Waals surface area contributed by atoms with Crippen LogP contribution in [0.25, 0.3) is 0 Å². The third-order valence-electron chi connectivity index (χ3n) is 3.24. The molecule has 0 amide bonds. The fraction of sp³-hybridized carbons (Fsp3) is 0.455. The highest BCUT2D eigenvalue weighted by Crippen LogP contribution is 2.49. The van der Waals surface area contributed by atoms with Crippen LogP contribution < -0.4 is 11.3 Å². The van der Waals surface area contributed by atoms with Crippen molar-refractivity contribution in [2.75, 3.05) is 19.5 Å². The summed E-state index contributed by atoms with van der Waals surface area (Å²) in [6.07, 6.45) is 2.18. The Morgan fingerprint density at radius 1 is 1.40 bits per heavy atom. The monoisotopic (exact) mass is 209 g/mol. The Labute approximate surface area is 89.0 Å². The molecule has 0 unspecified atom stereocenters. The zero-order valence-corrected chi connectivity index (χ0v) is 9.05. The highest BCUT2D eigenvalue weighted by molar-refractivity contribution is 5.47. The van der Waals surface area contributed by atoms with Crippen molar-refractivity contribution in [1.29, 1.82) is 0 Å². The molecule has 0 spiro atoms. The van der Waals surface area contributed by atoms with Crippen LogP contribution in [0.5, 0.6) is 0 Å². The summed E-state index contributed by atoms with van der Waals surface area (Å²) in [6.45, 7) is 0. The fourth-order valence-electron chi connectivity index (χ4n) is 2.03. The summed E-state index contributed by atoms with van der Waals surface area (Å²) in [4.78, 5) is 2.15. The summed E-state index contributed by atoms with van der Waals surface area (Å²) in [5, 5.41) is 0. The Morgan fingerprint density at radius 3 is 2.47 bits per heavy atom. The number of benzene rings is 1. The van der Waals surface area contributed by atoms with Gasteiger partial charge in [-0.1, -0.05) is 6.07 Å². The molecule has 0 aliphatic heterocycles. The van der Waals surface area contributed by atoms with Crippen LogP contribution in [0.4, 0.5) is 10.1 Å². The first-order valence-corrected chi connectivity index (χ1v) is 5.04. The van der Waals surface area contributed by atoms with Crippen molar-refractivity contribution in [1.82, 2.24) is 4.90 Å². The van der Waals surface area contributed by atoms with Crippen molar-refractivity contribution in [2.24, 2.45) is 5.84 Å². The van der Waals surface area contributed by atoms with Crippen molar-refractivity contribution < 1.29 is 4.39 Å². The van der Waals surface area contributed by atoms with Crippen LogP contribution in [0.15, 0.2) is 18.2 Å². The Hall–Kier alpha value is -1.13. The van der Waals surface area contributed by atoms with Gasteiger partial charge in [0, 0.05) is 5.54 Å². The maximum Gasteiger partial charge on any atom is 0.147 e. The molecule has 3 nitrogen and oxygen atoms in total. The molecule has 0 aromatic heterocycles. The molecule has 1 fully saturated rings. The lowest BCUT2D eigenvalue weighted by molar-refractivity contribution is 0.275. The summed E-state index contributed by atoms with van der Waals surface area (Å²) >= 11 is 0. The minimum atomic E-state index is -0.289. The number of nitrogens with zero attached hydrogens (tertiary/aromatic N) is 1. The first-order chi connectivity index (χ1) is 7.10. The molecule has 0 radical (unpaired) electrons. The van der Waals surface area contributed by atoms with E-state index in [2.05, 4.69) is 10.3 Å². The maximum absolute atomic E-state index is 13.5. The summed E-state index contributed by atoms with van der Waals surface area (Å²) in [5.74, 6) is 4.90. The molecule has 0 heterocycles. The van der Waals surface area contributed by atoms with Gasteiger partial charge in [-0.3, -0.25) is 10.7 Å². The number of anilines is 1. The van der Waals surface area contributed by atoms with E-state index in [1.165, 1.54) is 0 Å². The summed E-state index contributed by atoms with van der Waals surface area (Å²) < 4.78 is 13.5. The molecule has 1 aromatic carbocycles. The topological polar surface area (TPSA) is 41.3 Å². The molecule has 0 saturated heterocycles. The van der Waals surface area contributed by atoms with E-state index in [1.54, 1.807) is 12.1 Å². The van der Waals surface area contributed by atoms with E-state index in [9.17, 15) is 4.39 Å². The van der Waals surface area contributed by atoms with Crippen molar-refractivity contribution in [3.63, 3.8) is 0 Å². The second kappa shape index (κ2) is 3.47. The summed E-state index contributed by atoms with van der Waals surface area (Å²) in [5.41, 5.74) is 3.76. The van der Waals surface area contributed by atoms with Crippen LogP contribution in [-0.4, -0.2) is 19.0 Å². The van der Waals surface area contributed by atoms with Crippen LogP contribution in [-0.2, 0) is 5.54 Å². The zero-order valence-electron chi connectivity index (χ0n) is 9.05. The van der Waals surface area contributed by atoms with Gasteiger partial charge in [-0.15, -0.1) is 0 Å². The van der Waals surface area contributed by atoms with Gasteiger partial charge >= 0.3 is 0 Å². The van der Waals surface area contributed by atoms with Crippen molar-refractivity contribution in [3.05, 3.63) is 29.6 Å². The van der Waals surface area contributed by atoms with Crippen LogP contribution in [0.1, 0.15) is 18.4 Å². The molecule has 1 aliphatic carbocycles. The Balaban J connectivity index is 2.35. The second-order valence-electron chi connectivity index (χ2n) is 4.26. The molecule has 1 aliphatic rings. The van der Waals surface area contributed by atoms with E-state index in [0.29, 0.717) is 5.69 Å². The highest BCUT2D eigenvalue weighted by Gasteiger charge is 2.46. The lowest BCUT2D eigenvalue weighted by Gasteiger charge is -2.24. The SMILES string of the molecule is CN(C)C1(c2ccc(NN)c(F)c2)CC1. The Morgan fingerprint density at radius 2 is 2.07 bits per heavy atom. The van der Waals surface area contributed by atoms with Gasteiger partial charge in [0.2, 0.25) is 0 Å². The van der Waals surface area contributed by atoms with Gasteiger partial charge in [-0.25, -0.2) is 4.39 Å². The summed E-state index contributed by atoms with van der Waals surface area (Å²) in [7, 11) is 4.06. The second-order valence-corrected chi connectivity index (χ2v) is 4.26. The van der Waals surface area contributed by atoms with Gasteiger partial charge in [0.05, 0.1) is 5.69 Å². The van der Waals surface area contributed by atoms with E-state index in [1.807, 2.05) is 20.2 Å². The minimum absolute atomic E-state index is 0.0496. The van der Waals surface area contributed by atoms with Gasteiger partial charge in [0.25, 0.3) is 0 Å². The predicted octanol–water partition coefficient (Wildman–Crippen LogP) is 1.66. The predicted molar refractivity (Wildman–Crippen MR) is 58.8 cm³/mol. The third-order valence-corrected chi connectivity index (χ3v) is 3.24. The number of rotatable bonds is 3. The minimum Gasteiger partial charge on any atom is -0.321 e. The van der Waals surface area contributed by atoms with Gasteiger partial charge < -0.3 is 5.43 Å². The standard InChI is InChI=1S/C11H16FN3/c1-15(2)11(5-6-11)8-3-4-10(14-13)9(12)7-8/h3-4,7,14H,5-6,13H2,1-2H3. The van der Waals surface area contributed by atoms with Crippen LogP contribution in [0, 0.1) is 5.82 Å². The molecule has 1 aromatic rings. The van der Waals surface area contributed by atoms with Crippen LogP contribution in [0.2, 0.25) is 0 Å². The largest absolute Gasteiger partial charge is 0.321 e. The lowest BCUT2D eigenvalue weighted by Crippen LogP contribution is -2.27. The molecular weight excluding hydrogens is 193 g/mol. The van der Waals surface area contributed by atoms with Crippen molar-refractivity contribution in [3.8, 4) is 0 Å². The van der Waals surface area contributed by atoms with Crippen LogP contribution in [0.3, 0.4) is 0 Å². The van der Waals surface area contributed by atoms with E-state index in [-0.39, 0.29) is 11.4 Å². The quantitative estimate of drug-likeness (QED) is 0.587. The third kappa shape index (κ3) is 1.60. The fourth-order valence-corrected chi connectivity index (χ4v) is 2.03. The number of nitrogen functional groups attached to an aromatic ring is 1. The van der Waals surface area contributed by atoms with E-state index >= 15 is 0 Å². The molecule has 3 N–H and O–H groups in total.